The largest absolute Gasteiger partial charge is 0.497 e. The van der Waals surface area contributed by atoms with E-state index < -0.39 is 0 Å². The summed E-state index contributed by atoms with van der Waals surface area (Å²) in [6.07, 6.45) is 2.96. The molecule has 0 saturated carbocycles. The van der Waals surface area contributed by atoms with Crippen LogP contribution >= 0.6 is 11.6 Å². The van der Waals surface area contributed by atoms with Crippen LogP contribution in [0.1, 0.15) is 11.1 Å². The Morgan fingerprint density at radius 2 is 1.75 bits per heavy atom. The molecule has 0 amide bonds. The van der Waals surface area contributed by atoms with Gasteiger partial charge in [0.25, 0.3) is 5.56 Å². The number of rotatable bonds is 5. The van der Waals surface area contributed by atoms with E-state index in [1.165, 1.54) is 0 Å². The van der Waals surface area contributed by atoms with E-state index in [2.05, 4.69) is 9.97 Å². The number of hydrogen-bond donors (Lipinski definition) is 1. The lowest BCUT2D eigenvalue weighted by Gasteiger charge is -2.09. The molecule has 0 aliphatic carbocycles. The molecule has 0 fully saturated rings. The Kier molecular flexibility index (Phi) is 4.71. The average Bonchev–Trinajstić information content (AvgIpc) is 2.59. The van der Waals surface area contributed by atoms with Gasteiger partial charge in [0.2, 0.25) is 0 Å². The Morgan fingerprint density at radius 1 is 1.04 bits per heavy atom. The lowest BCUT2D eigenvalue weighted by atomic mass is 10.0. The number of nitrogens with zero attached hydrogens (tertiary/aromatic N) is 1. The average molecular weight is 345 g/mol. The van der Waals surface area contributed by atoms with Crippen LogP contribution in [-0.4, -0.2) is 24.2 Å². The Labute approximate surface area is 144 Å². The fraction of sp³-hybridized carbons (Fsp3) is 0.222. The molecule has 6 heteroatoms. The maximum atomic E-state index is 12.2. The Balaban J connectivity index is 1.86. The smallest absolute Gasteiger partial charge is 0.251 e. The maximum Gasteiger partial charge on any atom is 0.251 e. The molecule has 2 aromatic heterocycles. The van der Waals surface area contributed by atoms with Crippen LogP contribution < -0.4 is 15.0 Å². The second kappa shape index (κ2) is 6.93. The van der Waals surface area contributed by atoms with Crippen molar-refractivity contribution in [2.45, 2.75) is 12.8 Å². The normalized spacial score (nSPS) is 10.8. The molecule has 2 heterocycles. The van der Waals surface area contributed by atoms with Crippen molar-refractivity contribution < 1.29 is 9.47 Å². The molecule has 0 atom stereocenters. The molecular weight excluding hydrogens is 328 g/mol. The van der Waals surface area contributed by atoms with Crippen molar-refractivity contribution in [2.24, 2.45) is 0 Å². The van der Waals surface area contributed by atoms with Gasteiger partial charge in [-0.05, 0) is 42.7 Å². The molecule has 3 aromatic rings. The van der Waals surface area contributed by atoms with E-state index in [4.69, 9.17) is 21.1 Å². The van der Waals surface area contributed by atoms with E-state index in [0.29, 0.717) is 29.1 Å². The zero-order valence-corrected chi connectivity index (χ0v) is 14.2. The number of methoxy groups -OCH3 is 2. The highest BCUT2D eigenvalue weighted by atomic mass is 35.5. The van der Waals surface area contributed by atoms with Crippen LogP contribution in [0, 0.1) is 0 Å². The summed E-state index contributed by atoms with van der Waals surface area (Å²) in [7, 11) is 3.23. The van der Waals surface area contributed by atoms with Gasteiger partial charge in [-0.25, -0.2) is 4.98 Å². The third-order valence-corrected chi connectivity index (χ3v) is 4.07. The van der Waals surface area contributed by atoms with Gasteiger partial charge in [-0.1, -0.05) is 11.6 Å². The predicted molar refractivity (Wildman–Crippen MR) is 94.3 cm³/mol. The number of H-pyrrole nitrogens is 1. The molecule has 0 bridgehead atoms. The number of aryl methyl sites for hydroxylation is 2. The second-order valence-electron chi connectivity index (χ2n) is 5.44. The third kappa shape index (κ3) is 3.51. The first-order valence-electron chi connectivity index (χ1n) is 7.48. The van der Waals surface area contributed by atoms with Crippen molar-refractivity contribution in [1.82, 2.24) is 9.97 Å². The van der Waals surface area contributed by atoms with E-state index in [9.17, 15) is 4.79 Å². The summed E-state index contributed by atoms with van der Waals surface area (Å²) in [5, 5.41) is 1.21. The first-order valence-corrected chi connectivity index (χ1v) is 7.86. The van der Waals surface area contributed by atoms with Crippen LogP contribution in [0.3, 0.4) is 0 Å². The highest BCUT2D eigenvalue weighted by Gasteiger charge is 2.07. The van der Waals surface area contributed by atoms with Crippen LogP contribution in [0.2, 0.25) is 5.15 Å². The predicted octanol–water partition coefficient (Wildman–Crippen LogP) is 3.38. The fourth-order valence-corrected chi connectivity index (χ4v) is 2.75. The third-order valence-electron chi connectivity index (χ3n) is 3.87. The van der Waals surface area contributed by atoms with Gasteiger partial charge in [0.15, 0.2) is 0 Å². The Bertz CT molecular complexity index is 915. The molecule has 1 N–H and O–H groups in total. The van der Waals surface area contributed by atoms with Gasteiger partial charge in [-0.15, -0.1) is 0 Å². The number of aromatic amines is 1. The molecular formula is C18H17ClN2O3. The molecule has 24 heavy (non-hydrogen) atoms. The molecule has 5 nitrogen and oxygen atoms in total. The van der Waals surface area contributed by atoms with Gasteiger partial charge in [0, 0.05) is 23.2 Å². The molecule has 3 rings (SSSR count). The van der Waals surface area contributed by atoms with E-state index in [0.717, 1.165) is 22.4 Å². The van der Waals surface area contributed by atoms with Crippen LogP contribution in [0.25, 0.3) is 10.9 Å². The van der Waals surface area contributed by atoms with Crippen LogP contribution in [0.15, 0.2) is 41.3 Å². The lowest BCUT2D eigenvalue weighted by molar-refractivity contribution is 0.393. The standard InChI is InChI=1S/C18H17ClN2O3/c1-23-14-5-11(6-15(8-14)24-2)3-4-12-7-13-10-20-17(19)9-16(13)21-18(12)22/h5-10H,3-4H2,1-2H3,(H,21,22). The van der Waals surface area contributed by atoms with Crippen molar-refractivity contribution in [3.05, 3.63) is 63.2 Å². The monoisotopic (exact) mass is 344 g/mol. The number of pyridine rings is 2. The molecule has 1 aromatic carbocycles. The maximum absolute atomic E-state index is 12.2. The highest BCUT2D eigenvalue weighted by molar-refractivity contribution is 6.29. The van der Waals surface area contributed by atoms with Crippen molar-refractivity contribution in [3.8, 4) is 11.5 Å². The van der Waals surface area contributed by atoms with Gasteiger partial charge in [-0.3, -0.25) is 4.79 Å². The first-order chi connectivity index (χ1) is 11.6. The van der Waals surface area contributed by atoms with E-state index in [1.54, 1.807) is 26.5 Å². The molecule has 0 aliphatic rings. The molecule has 0 unspecified atom stereocenters. The lowest BCUT2D eigenvalue weighted by Crippen LogP contribution is -2.13. The summed E-state index contributed by atoms with van der Waals surface area (Å²) in [6, 6.07) is 9.21. The van der Waals surface area contributed by atoms with Gasteiger partial charge in [-0.2, -0.15) is 0 Å². The summed E-state index contributed by atoms with van der Waals surface area (Å²) in [5.74, 6) is 1.46. The van der Waals surface area contributed by atoms with Crippen molar-refractivity contribution in [3.63, 3.8) is 0 Å². The topological polar surface area (TPSA) is 64.2 Å². The molecule has 124 valence electrons. The summed E-state index contributed by atoms with van der Waals surface area (Å²) in [4.78, 5) is 19.1. The molecule has 0 radical (unpaired) electrons. The van der Waals surface area contributed by atoms with Crippen LogP contribution in [0.5, 0.6) is 11.5 Å². The zero-order chi connectivity index (χ0) is 17.1. The highest BCUT2D eigenvalue weighted by Crippen LogP contribution is 2.23. The molecule has 0 saturated heterocycles. The van der Waals surface area contributed by atoms with Crippen LogP contribution in [-0.2, 0) is 12.8 Å². The van der Waals surface area contributed by atoms with Crippen molar-refractivity contribution >= 4 is 22.5 Å². The molecule has 0 spiro atoms. The Morgan fingerprint density at radius 3 is 2.42 bits per heavy atom. The number of nitrogens with one attached hydrogen (secondary N) is 1. The van der Waals surface area contributed by atoms with E-state index >= 15 is 0 Å². The summed E-state index contributed by atoms with van der Waals surface area (Å²) < 4.78 is 10.5. The number of hydrogen-bond acceptors (Lipinski definition) is 4. The van der Waals surface area contributed by atoms with E-state index in [1.807, 2.05) is 24.3 Å². The number of fused-ring (bicyclic) bond motifs is 1. The minimum absolute atomic E-state index is 0.111. The SMILES string of the molecule is COc1cc(CCc2cc3cnc(Cl)cc3[nH]c2=O)cc(OC)c1. The summed E-state index contributed by atoms with van der Waals surface area (Å²) in [6.45, 7) is 0. The number of aromatic nitrogens is 2. The van der Waals surface area contributed by atoms with E-state index in [-0.39, 0.29) is 5.56 Å². The minimum Gasteiger partial charge on any atom is -0.497 e. The molecule has 0 aliphatic heterocycles. The van der Waals surface area contributed by atoms with Gasteiger partial charge < -0.3 is 14.5 Å². The van der Waals surface area contributed by atoms with Gasteiger partial charge in [0.05, 0.1) is 19.7 Å². The first kappa shape index (κ1) is 16.3. The van der Waals surface area contributed by atoms with Crippen molar-refractivity contribution in [1.29, 1.82) is 0 Å². The summed E-state index contributed by atoms with van der Waals surface area (Å²) in [5.41, 5.74) is 2.32. The van der Waals surface area contributed by atoms with Gasteiger partial charge in [0.1, 0.15) is 16.7 Å². The second-order valence-corrected chi connectivity index (χ2v) is 5.83. The summed E-state index contributed by atoms with van der Waals surface area (Å²) >= 11 is 5.85. The van der Waals surface area contributed by atoms with Crippen molar-refractivity contribution in [2.75, 3.05) is 14.2 Å². The number of ether oxygens (including phenoxy) is 2. The quantitative estimate of drug-likeness (QED) is 0.721. The zero-order valence-electron chi connectivity index (χ0n) is 13.4. The number of benzene rings is 1. The minimum atomic E-state index is -0.111. The Hall–Kier alpha value is -2.53. The van der Waals surface area contributed by atoms with Crippen LogP contribution in [0.4, 0.5) is 0 Å². The fourth-order valence-electron chi connectivity index (χ4n) is 2.59. The van der Waals surface area contributed by atoms with Gasteiger partial charge >= 0.3 is 0 Å². The number of halogens is 1.